The molecule has 124 valence electrons. The number of thioether (sulfide) groups is 1. The van der Waals surface area contributed by atoms with Crippen molar-refractivity contribution in [2.75, 3.05) is 10.7 Å². The predicted octanol–water partition coefficient (Wildman–Crippen LogP) is 4.75. The lowest BCUT2D eigenvalue weighted by atomic mass is 10.2. The lowest BCUT2D eigenvalue weighted by molar-refractivity contribution is -0.116. The number of benzene rings is 2. The van der Waals surface area contributed by atoms with Crippen molar-refractivity contribution in [1.29, 1.82) is 0 Å². The van der Waals surface area contributed by atoms with E-state index in [2.05, 4.69) is 9.97 Å². The third kappa shape index (κ3) is 3.74. The van der Waals surface area contributed by atoms with Gasteiger partial charge in [-0.2, -0.15) is 0 Å². The van der Waals surface area contributed by atoms with Crippen molar-refractivity contribution in [3.63, 3.8) is 0 Å². The second-order valence-corrected chi connectivity index (χ2v) is 7.09. The van der Waals surface area contributed by atoms with Crippen LogP contribution in [-0.2, 0) is 4.79 Å². The summed E-state index contributed by atoms with van der Waals surface area (Å²) in [4.78, 5) is 22.2. The monoisotopic (exact) mass is 359 g/mol. The first kappa shape index (κ1) is 16.9. The van der Waals surface area contributed by atoms with Gasteiger partial charge in [-0.05, 0) is 44.2 Å². The Balaban J connectivity index is 1.73. The number of aromatic nitrogens is 2. The molecule has 1 aromatic heterocycles. The fourth-order valence-corrected chi connectivity index (χ4v) is 3.46. The number of halogens is 1. The summed E-state index contributed by atoms with van der Waals surface area (Å²) >= 11 is 7.38. The van der Waals surface area contributed by atoms with E-state index in [1.165, 1.54) is 11.8 Å². The maximum atomic E-state index is 12.7. The highest BCUT2D eigenvalue weighted by atomic mass is 35.5. The Morgan fingerprint density at radius 3 is 2.71 bits per heavy atom. The quantitative estimate of drug-likeness (QED) is 0.669. The summed E-state index contributed by atoms with van der Waals surface area (Å²) in [5, 5.41) is 1.38. The lowest BCUT2D eigenvalue weighted by Crippen LogP contribution is -2.38. The van der Waals surface area contributed by atoms with Gasteiger partial charge in [-0.3, -0.25) is 4.79 Å². The highest BCUT2D eigenvalue weighted by molar-refractivity contribution is 7.99. The second kappa shape index (κ2) is 7.28. The molecular formula is C18H18ClN3OS. The molecular weight excluding hydrogens is 342 g/mol. The minimum absolute atomic E-state index is 0.0553. The molecule has 1 N–H and O–H groups in total. The number of rotatable bonds is 5. The molecule has 0 bridgehead atoms. The van der Waals surface area contributed by atoms with Gasteiger partial charge in [0.1, 0.15) is 0 Å². The van der Waals surface area contributed by atoms with Crippen molar-refractivity contribution >= 4 is 46.0 Å². The number of H-pyrrole nitrogens is 1. The zero-order valence-electron chi connectivity index (χ0n) is 13.5. The van der Waals surface area contributed by atoms with E-state index in [9.17, 15) is 4.79 Å². The third-order valence-corrected chi connectivity index (χ3v) is 4.67. The van der Waals surface area contributed by atoms with Crippen LogP contribution in [0.15, 0.2) is 53.7 Å². The molecule has 2 aromatic carbocycles. The molecule has 1 heterocycles. The first-order valence-corrected chi connectivity index (χ1v) is 9.06. The van der Waals surface area contributed by atoms with Gasteiger partial charge in [0, 0.05) is 16.8 Å². The molecule has 0 saturated carbocycles. The minimum atomic E-state index is 0.0553. The Morgan fingerprint density at radius 1 is 1.25 bits per heavy atom. The number of nitrogens with zero attached hydrogens (tertiary/aromatic N) is 2. The predicted molar refractivity (Wildman–Crippen MR) is 101 cm³/mol. The van der Waals surface area contributed by atoms with Crippen molar-refractivity contribution in [2.24, 2.45) is 0 Å². The van der Waals surface area contributed by atoms with Crippen LogP contribution >= 0.6 is 23.4 Å². The molecule has 0 aliphatic heterocycles. The molecule has 0 fully saturated rings. The molecule has 0 saturated heterocycles. The van der Waals surface area contributed by atoms with Gasteiger partial charge < -0.3 is 9.88 Å². The van der Waals surface area contributed by atoms with E-state index in [0.717, 1.165) is 21.9 Å². The van der Waals surface area contributed by atoms with Crippen LogP contribution in [0.5, 0.6) is 0 Å². The fraction of sp³-hybridized carbons (Fsp3) is 0.222. The van der Waals surface area contributed by atoms with Crippen LogP contribution < -0.4 is 4.90 Å². The summed E-state index contributed by atoms with van der Waals surface area (Å²) in [7, 11) is 0. The number of amides is 1. The highest BCUT2D eigenvalue weighted by Crippen LogP contribution is 2.24. The number of carbonyl (C=O) groups excluding carboxylic acids is 1. The molecule has 0 unspecified atom stereocenters. The lowest BCUT2D eigenvalue weighted by Gasteiger charge is -2.26. The summed E-state index contributed by atoms with van der Waals surface area (Å²) in [6.45, 7) is 4.03. The van der Waals surface area contributed by atoms with Crippen LogP contribution in [0, 0.1) is 0 Å². The Labute approximate surface area is 150 Å². The molecule has 3 rings (SSSR count). The molecule has 0 aliphatic carbocycles. The Hall–Kier alpha value is -1.98. The van der Waals surface area contributed by atoms with Gasteiger partial charge in [0.25, 0.3) is 0 Å². The normalized spacial score (nSPS) is 11.2. The molecule has 4 nitrogen and oxygen atoms in total. The maximum absolute atomic E-state index is 12.7. The average Bonchev–Trinajstić information content (AvgIpc) is 2.95. The van der Waals surface area contributed by atoms with E-state index >= 15 is 0 Å². The van der Waals surface area contributed by atoms with Crippen LogP contribution in [0.1, 0.15) is 13.8 Å². The molecule has 24 heavy (non-hydrogen) atoms. The van der Waals surface area contributed by atoms with Gasteiger partial charge in [-0.15, -0.1) is 0 Å². The molecule has 6 heteroatoms. The standard InChI is InChI=1S/C18H18ClN3OS/c1-12(2)22(14-6-4-3-5-7-14)17(23)11-24-18-20-15-9-8-13(19)10-16(15)21-18/h3-10,12H,11H2,1-2H3,(H,20,21). The average molecular weight is 360 g/mol. The number of anilines is 1. The Morgan fingerprint density at radius 2 is 2.00 bits per heavy atom. The van der Waals surface area contributed by atoms with E-state index < -0.39 is 0 Å². The first-order valence-electron chi connectivity index (χ1n) is 7.70. The van der Waals surface area contributed by atoms with Gasteiger partial charge in [0.2, 0.25) is 5.91 Å². The number of hydrogen-bond donors (Lipinski definition) is 1. The van der Waals surface area contributed by atoms with Crippen molar-refractivity contribution in [3.8, 4) is 0 Å². The van der Waals surface area contributed by atoms with Gasteiger partial charge in [-0.25, -0.2) is 4.98 Å². The smallest absolute Gasteiger partial charge is 0.237 e. The van der Waals surface area contributed by atoms with E-state index in [-0.39, 0.29) is 11.9 Å². The van der Waals surface area contributed by atoms with Crippen LogP contribution in [0.4, 0.5) is 5.69 Å². The van der Waals surface area contributed by atoms with E-state index in [1.807, 2.05) is 61.2 Å². The number of fused-ring (bicyclic) bond motifs is 1. The molecule has 1 amide bonds. The second-order valence-electron chi connectivity index (χ2n) is 5.69. The molecule has 0 radical (unpaired) electrons. The summed E-state index contributed by atoms with van der Waals surface area (Å²) in [5.74, 6) is 0.375. The summed E-state index contributed by atoms with van der Waals surface area (Å²) in [5.41, 5.74) is 2.63. The van der Waals surface area contributed by atoms with Crippen molar-refractivity contribution in [1.82, 2.24) is 9.97 Å². The highest BCUT2D eigenvalue weighted by Gasteiger charge is 2.19. The zero-order chi connectivity index (χ0) is 17.1. The fourth-order valence-electron chi connectivity index (χ4n) is 2.55. The van der Waals surface area contributed by atoms with Gasteiger partial charge >= 0.3 is 0 Å². The number of carbonyl (C=O) groups is 1. The first-order chi connectivity index (χ1) is 11.5. The number of nitrogens with one attached hydrogen (secondary N) is 1. The van der Waals surface area contributed by atoms with Crippen LogP contribution in [0.25, 0.3) is 11.0 Å². The van der Waals surface area contributed by atoms with Crippen LogP contribution in [-0.4, -0.2) is 27.7 Å². The van der Waals surface area contributed by atoms with Crippen LogP contribution in [0.2, 0.25) is 5.02 Å². The van der Waals surface area contributed by atoms with E-state index in [1.54, 1.807) is 6.07 Å². The van der Waals surface area contributed by atoms with Crippen LogP contribution in [0.3, 0.4) is 0 Å². The molecule has 0 spiro atoms. The summed E-state index contributed by atoms with van der Waals surface area (Å²) in [6, 6.07) is 15.3. The number of imidazole rings is 1. The maximum Gasteiger partial charge on any atom is 0.237 e. The SMILES string of the molecule is CC(C)N(C(=O)CSc1nc2ccc(Cl)cc2[nH]1)c1ccccc1. The third-order valence-electron chi connectivity index (χ3n) is 3.57. The Kier molecular flexibility index (Phi) is 5.11. The van der Waals surface area contributed by atoms with Gasteiger partial charge in [0.05, 0.1) is 16.8 Å². The Bertz CT molecular complexity index is 848. The topological polar surface area (TPSA) is 49.0 Å². The molecule has 3 aromatic rings. The largest absolute Gasteiger partial charge is 0.333 e. The van der Waals surface area contributed by atoms with Crippen molar-refractivity contribution in [2.45, 2.75) is 25.0 Å². The number of aromatic amines is 1. The molecule has 0 atom stereocenters. The van der Waals surface area contributed by atoms with E-state index in [0.29, 0.717) is 10.8 Å². The number of hydrogen-bond acceptors (Lipinski definition) is 3. The zero-order valence-corrected chi connectivity index (χ0v) is 15.1. The molecule has 0 aliphatic rings. The van der Waals surface area contributed by atoms with Crippen molar-refractivity contribution in [3.05, 3.63) is 53.6 Å². The minimum Gasteiger partial charge on any atom is -0.333 e. The van der Waals surface area contributed by atoms with Gasteiger partial charge in [-0.1, -0.05) is 41.6 Å². The van der Waals surface area contributed by atoms with E-state index in [4.69, 9.17) is 11.6 Å². The number of para-hydroxylation sites is 1. The summed E-state index contributed by atoms with van der Waals surface area (Å²) in [6.07, 6.45) is 0. The summed E-state index contributed by atoms with van der Waals surface area (Å²) < 4.78 is 0. The van der Waals surface area contributed by atoms with Gasteiger partial charge in [0.15, 0.2) is 5.16 Å². The van der Waals surface area contributed by atoms with Crippen molar-refractivity contribution < 1.29 is 4.79 Å².